The number of nitrogens with two attached hydrogens (primary N) is 1. The molecular formula is C7H11ClN4O. The van der Waals surface area contributed by atoms with E-state index in [-0.39, 0.29) is 16.6 Å². The van der Waals surface area contributed by atoms with Crippen LogP contribution in [0.2, 0.25) is 5.02 Å². The summed E-state index contributed by atoms with van der Waals surface area (Å²) in [5.41, 5.74) is 5.02. The number of nitrogens with one attached hydrogen (secondary N) is 2. The smallest absolute Gasteiger partial charge is 0.271 e. The van der Waals surface area contributed by atoms with Gasteiger partial charge in [0.1, 0.15) is 5.02 Å². The maximum atomic E-state index is 11.0. The van der Waals surface area contributed by atoms with Crippen molar-refractivity contribution in [2.24, 2.45) is 5.73 Å². The Morgan fingerprint density at radius 2 is 2.54 bits per heavy atom. The van der Waals surface area contributed by atoms with Crippen LogP contribution in [0.1, 0.15) is 6.92 Å². The van der Waals surface area contributed by atoms with Crippen LogP contribution in [0.15, 0.2) is 11.0 Å². The Hall–Kier alpha value is -1.07. The number of nitrogens with zero attached hydrogens (tertiary/aromatic N) is 1. The van der Waals surface area contributed by atoms with Crippen LogP contribution in [0.25, 0.3) is 0 Å². The molecule has 0 bridgehead atoms. The van der Waals surface area contributed by atoms with Gasteiger partial charge >= 0.3 is 0 Å². The number of halogens is 1. The quantitative estimate of drug-likeness (QED) is 0.653. The minimum absolute atomic E-state index is 0.0596. The number of hydrogen-bond donors (Lipinski definition) is 3. The van der Waals surface area contributed by atoms with Gasteiger partial charge in [0.15, 0.2) is 0 Å². The van der Waals surface area contributed by atoms with E-state index >= 15 is 0 Å². The molecule has 0 saturated carbocycles. The summed E-state index contributed by atoms with van der Waals surface area (Å²) in [6.45, 7) is 2.35. The van der Waals surface area contributed by atoms with Gasteiger partial charge in [0, 0.05) is 12.6 Å². The molecule has 0 amide bonds. The lowest BCUT2D eigenvalue weighted by Gasteiger charge is -2.10. The first kappa shape index (κ1) is 10.0. The molecule has 1 heterocycles. The van der Waals surface area contributed by atoms with E-state index in [4.69, 9.17) is 17.3 Å². The monoisotopic (exact) mass is 202 g/mol. The Morgan fingerprint density at radius 1 is 1.85 bits per heavy atom. The number of aromatic nitrogens is 2. The normalized spacial score (nSPS) is 12.5. The molecule has 0 radical (unpaired) electrons. The predicted molar refractivity (Wildman–Crippen MR) is 52.0 cm³/mol. The summed E-state index contributed by atoms with van der Waals surface area (Å²) in [4.78, 5) is 17.4. The molecular weight excluding hydrogens is 192 g/mol. The summed E-state index contributed by atoms with van der Waals surface area (Å²) in [5, 5.41) is 2.98. The Labute approximate surface area is 80.3 Å². The van der Waals surface area contributed by atoms with Crippen LogP contribution in [0.4, 0.5) is 5.95 Å². The van der Waals surface area contributed by atoms with E-state index in [0.29, 0.717) is 12.5 Å². The Morgan fingerprint density at radius 3 is 3.08 bits per heavy atom. The lowest BCUT2D eigenvalue weighted by atomic mass is 10.3. The lowest BCUT2D eigenvalue weighted by Crippen LogP contribution is -2.27. The van der Waals surface area contributed by atoms with Crippen molar-refractivity contribution in [2.45, 2.75) is 13.0 Å². The minimum Gasteiger partial charge on any atom is -0.352 e. The molecule has 0 aliphatic heterocycles. The first-order valence-corrected chi connectivity index (χ1v) is 4.22. The molecule has 13 heavy (non-hydrogen) atoms. The van der Waals surface area contributed by atoms with Crippen molar-refractivity contribution in [3.8, 4) is 0 Å². The number of aromatic amines is 1. The third-order valence-electron chi connectivity index (χ3n) is 1.49. The van der Waals surface area contributed by atoms with Crippen LogP contribution in [-0.4, -0.2) is 22.6 Å². The van der Waals surface area contributed by atoms with Gasteiger partial charge in [0.25, 0.3) is 5.56 Å². The second-order valence-electron chi connectivity index (χ2n) is 2.69. The highest BCUT2D eigenvalue weighted by atomic mass is 35.5. The van der Waals surface area contributed by atoms with Gasteiger partial charge in [-0.3, -0.25) is 9.78 Å². The van der Waals surface area contributed by atoms with Gasteiger partial charge in [-0.25, -0.2) is 4.98 Å². The van der Waals surface area contributed by atoms with Crippen LogP contribution in [-0.2, 0) is 0 Å². The van der Waals surface area contributed by atoms with Crippen molar-refractivity contribution in [1.82, 2.24) is 9.97 Å². The van der Waals surface area contributed by atoms with Crippen LogP contribution >= 0.6 is 11.6 Å². The number of hydrogen-bond acceptors (Lipinski definition) is 4. The maximum Gasteiger partial charge on any atom is 0.271 e. The Kier molecular flexibility index (Phi) is 3.27. The van der Waals surface area contributed by atoms with E-state index in [2.05, 4.69) is 15.3 Å². The standard InChI is InChI=1S/C7H11ClN4O/c1-4(2-9)11-7-10-3-5(8)6(13)12-7/h3-4H,2,9H2,1H3,(H2,10,11,12,13). The summed E-state index contributed by atoms with van der Waals surface area (Å²) >= 11 is 5.49. The van der Waals surface area contributed by atoms with Gasteiger partial charge in [0.2, 0.25) is 5.95 Å². The fraction of sp³-hybridized carbons (Fsp3) is 0.429. The average molecular weight is 203 g/mol. The summed E-state index contributed by atoms with van der Waals surface area (Å²) < 4.78 is 0. The number of rotatable bonds is 3. The molecule has 0 fully saturated rings. The molecule has 0 spiro atoms. The van der Waals surface area contributed by atoms with Crippen molar-refractivity contribution >= 4 is 17.5 Å². The van der Waals surface area contributed by atoms with Crippen LogP contribution in [0.5, 0.6) is 0 Å². The molecule has 72 valence electrons. The first-order chi connectivity index (χ1) is 6.13. The highest BCUT2D eigenvalue weighted by Gasteiger charge is 2.02. The van der Waals surface area contributed by atoms with E-state index in [1.807, 2.05) is 6.92 Å². The second-order valence-corrected chi connectivity index (χ2v) is 3.10. The van der Waals surface area contributed by atoms with E-state index in [1.54, 1.807) is 0 Å². The van der Waals surface area contributed by atoms with Crippen molar-refractivity contribution in [3.63, 3.8) is 0 Å². The molecule has 0 saturated heterocycles. The van der Waals surface area contributed by atoms with Crippen LogP contribution in [0.3, 0.4) is 0 Å². The van der Waals surface area contributed by atoms with Gasteiger partial charge in [-0.1, -0.05) is 11.6 Å². The fourth-order valence-electron chi connectivity index (χ4n) is 0.745. The molecule has 5 nitrogen and oxygen atoms in total. The largest absolute Gasteiger partial charge is 0.352 e. The summed E-state index contributed by atoms with van der Waals surface area (Å²) in [7, 11) is 0. The Balaban J connectivity index is 2.80. The third-order valence-corrected chi connectivity index (χ3v) is 1.76. The van der Waals surface area contributed by atoms with Gasteiger partial charge in [-0.2, -0.15) is 0 Å². The summed E-state index contributed by atoms with van der Waals surface area (Å²) in [6.07, 6.45) is 1.30. The van der Waals surface area contributed by atoms with E-state index in [0.717, 1.165) is 0 Å². The molecule has 0 aromatic carbocycles. The molecule has 1 aromatic heterocycles. The van der Waals surface area contributed by atoms with Crippen molar-refractivity contribution in [3.05, 3.63) is 21.6 Å². The molecule has 1 rings (SSSR count). The first-order valence-electron chi connectivity index (χ1n) is 3.85. The predicted octanol–water partition coefficient (Wildman–Crippen LogP) is 0.182. The third kappa shape index (κ3) is 2.71. The number of H-pyrrole nitrogens is 1. The van der Waals surface area contributed by atoms with Crippen molar-refractivity contribution in [2.75, 3.05) is 11.9 Å². The fourth-order valence-corrected chi connectivity index (χ4v) is 0.841. The molecule has 4 N–H and O–H groups in total. The van der Waals surface area contributed by atoms with E-state index < -0.39 is 0 Å². The van der Waals surface area contributed by atoms with Gasteiger partial charge < -0.3 is 11.1 Å². The molecule has 6 heteroatoms. The topological polar surface area (TPSA) is 83.8 Å². The van der Waals surface area contributed by atoms with Crippen molar-refractivity contribution in [1.29, 1.82) is 0 Å². The van der Waals surface area contributed by atoms with E-state index in [9.17, 15) is 4.79 Å². The molecule has 1 atom stereocenters. The van der Waals surface area contributed by atoms with Crippen LogP contribution in [0, 0.1) is 0 Å². The van der Waals surface area contributed by atoms with Gasteiger partial charge in [0.05, 0.1) is 6.20 Å². The average Bonchev–Trinajstić information content (AvgIpc) is 2.11. The molecule has 1 unspecified atom stereocenters. The zero-order valence-electron chi connectivity index (χ0n) is 7.17. The zero-order chi connectivity index (χ0) is 9.84. The maximum absolute atomic E-state index is 11.0. The highest BCUT2D eigenvalue weighted by molar-refractivity contribution is 6.30. The Bertz CT molecular complexity index is 338. The number of anilines is 1. The van der Waals surface area contributed by atoms with Gasteiger partial charge in [-0.15, -0.1) is 0 Å². The SMILES string of the molecule is CC(CN)Nc1ncc(Cl)c(=O)[nH]1. The van der Waals surface area contributed by atoms with Gasteiger partial charge in [-0.05, 0) is 6.92 Å². The molecule has 1 aromatic rings. The lowest BCUT2D eigenvalue weighted by molar-refractivity contribution is 0.789. The van der Waals surface area contributed by atoms with E-state index in [1.165, 1.54) is 6.20 Å². The second kappa shape index (κ2) is 4.25. The van der Waals surface area contributed by atoms with Crippen LogP contribution < -0.4 is 16.6 Å². The van der Waals surface area contributed by atoms with Crippen molar-refractivity contribution < 1.29 is 0 Å². The summed E-state index contributed by atoms with van der Waals surface area (Å²) in [6, 6.07) is 0.0596. The molecule has 0 aliphatic carbocycles. The zero-order valence-corrected chi connectivity index (χ0v) is 7.93. The summed E-state index contributed by atoms with van der Waals surface area (Å²) in [5.74, 6) is 0.382. The highest BCUT2D eigenvalue weighted by Crippen LogP contribution is 2.00. The molecule has 0 aliphatic rings. The minimum atomic E-state index is -0.358.